The molecule has 0 aliphatic carbocycles. The number of hydrogen-bond acceptors (Lipinski definition) is 5. The van der Waals surface area contributed by atoms with Gasteiger partial charge in [0.05, 0.1) is 12.7 Å². The van der Waals surface area contributed by atoms with E-state index >= 15 is 0 Å². The molecule has 0 radical (unpaired) electrons. The van der Waals surface area contributed by atoms with E-state index in [-0.39, 0.29) is 5.57 Å². The Labute approximate surface area is 174 Å². The van der Waals surface area contributed by atoms with Crippen LogP contribution in [0.1, 0.15) is 27.2 Å². The minimum atomic E-state index is -0.525. The summed E-state index contributed by atoms with van der Waals surface area (Å²) in [6, 6.07) is 17.8. The molecular weight excluding hydrogens is 380 g/mol. The molecule has 30 heavy (non-hydrogen) atoms. The standard InChI is InChI=1S/C24H20N2O4/c1-15-7-9-18(10-8-15)26-23(27)17(14-25)13-19-11-12-22(30-19)20-5-4-6-21(16(20)2)24(28)29-3/h4-13H,1-3H3,(H,26,27)/b17-13-. The summed E-state index contributed by atoms with van der Waals surface area (Å²) in [4.78, 5) is 24.3. The average Bonchev–Trinajstić information content (AvgIpc) is 3.21. The lowest BCUT2D eigenvalue weighted by molar-refractivity contribution is -0.112. The third kappa shape index (κ3) is 4.47. The quantitative estimate of drug-likeness (QED) is 0.374. The van der Waals surface area contributed by atoms with E-state index in [0.29, 0.717) is 28.3 Å². The lowest BCUT2D eigenvalue weighted by Gasteiger charge is -2.07. The van der Waals surface area contributed by atoms with Crippen molar-refractivity contribution < 1.29 is 18.7 Å². The minimum absolute atomic E-state index is 0.0866. The zero-order chi connectivity index (χ0) is 21.7. The van der Waals surface area contributed by atoms with Gasteiger partial charge in [0, 0.05) is 17.3 Å². The molecule has 0 unspecified atom stereocenters. The van der Waals surface area contributed by atoms with Crippen LogP contribution in [0.15, 0.2) is 64.6 Å². The van der Waals surface area contributed by atoms with Gasteiger partial charge in [0.2, 0.25) is 0 Å². The fourth-order valence-electron chi connectivity index (χ4n) is 2.94. The first kappa shape index (κ1) is 20.6. The van der Waals surface area contributed by atoms with E-state index in [2.05, 4.69) is 5.32 Å². The summed E-state index contributed by atoms with van der Waals surface area (Å²) in [5.74, 6) is -0.0899. The highest BCUT2D eigenvalue weighted by atomic mass is 16.5. The van der Waals surface area contributed by atoms with Crippen LogP contribution in [0.5, 0.6) is 0 Å². The number of nitrogens with zero attached hydrogens (tertiary/aromatic N) is 1. The second-order valence-corrected chi connectivity index (χ2v) is 6.66. The topological polar surface area (TPSA) is 92.3 Å². The molecular formula is C24H20N2O4. The molecule has 0 saturated heterocycles. The summed E-state index contributed by atoms with van der Waals surface area (Å²) >= 11 is 0. The number of anilines is 1. The van der Waals surface area contributed by atoms with Crippen LogP contribution >= 0.6 is 0 Å². The largest absolute Gasteiger partial charge is 0.465 e. The normalized spacial score (nSPS) is 10.9. The number of nitrogens with one attached hydrogen (secondary N) is 1. The van der Waals surface area contributed by atoms with Crippen LogP contribution in [0, 0.1) is 25.2 Å². The van der Waals surface area contributed by atoms with Crippen molar-refractivity contribution >= 4 is 23.6 Å². The number of aryl methyl sites for hydroxylation is 1. The highest BCUT2D eigenvalue weighted by molar-refractivity contribution is 6.09. The van der Waals surface area contributed by atoms with Crippen molar-refractivity contribution in [3.63, 3.8) is 0 Å². The van der Waals surface area contributed by atoms with E-state index < -0.39 is 11.9 Å². The average molecular weight is 400 g/mol. The molecule has 3 aromatic rings. The Bertz CT molecular complexity index is 1160. The monoisotopic (exact) mass is 400 g/mol. The Hall–Kier alpha value is -4.11. The van der Waals surface area contributed by atoms with Gasteiger partial charge in [-0.05, 0) is 49.7 Å². The summed E-state index contributed by atoms with van der Waals surface area (Å²) in [6.07, 6.45) is 1.38. The molecule has 6 heteroatoms. The first-order valence-electron chi connectivity index (χ1n) is 9.21. The third-order valence-corrected chi connectivity index (χ3v) is 4.59. The van der Waals surface area contributed by atoms with Gasteiger partial charge in [-0.3, -0.25) is 4.79 Å². The van der Waals surface area contributed by atoms with Gasteiger partial charge < -0.3 is 14.5 Å². The minimum Gasteiger partial charge on any atom is -0.465 e. The number of amides is 1. The van der Waals surface area contributed by atoms with Crippen molar-refractivity contribution in [1.82, 2.24) is 0 Å². The van der Waals surface area contributed by atoms with Crippen molar-refractivity contribution in [2.45, 2.75) is 13.8 Å². The Morgan fingerprint density at radius 3 is 2.47 bits per heavy atom. The van der Waals surface area contributed by atoms with Crippen molar-refractivity contribution in [2.24, 2.45) is 0 Å². The summed E-state index contributed by atoms with van der Waals surface area (Å²) in [5.41, 5.74) is 3.46. The lowest BCUT2D eigenvalue weighted by Crippen LogP contribution is -2.13. The maximum absolute atomic E-state index is 12.4. The Balaban J connectivity index is 1.85. The van der Waals surface area contributed by atoms with E-state index in [4.69, 9.17) is 9.15 Å². The molecule has 0 aliphatic heterocycles. The number of rotatable bonds is 5. The van der Waals surface area contributed by atoms with Crippen molar-refractivity contribution in [3.05, 3.63) is 82.6 Å². The fraction of sp³-hybridized carbons (Fsp3) is 0.125. The second kappa shape index (κ2) is 8.93. The van der Waals surface area contributed by atoms with Gasteiger partial charge in [0.1, 0.15) is 23.2 Å². The first-order chi connectivity index (χ1) is 14.4. The molecule has 3 rings (SSSR count). The Kier molecular flexibility index (Phi) is 6.14. The molecule has 1 N–H and O–H groups in total. The van der Waals surface area contributed by atoms with E-state index in [1.54, 1.807) is 43.3 Å². The molecule has 1 amide bonds. The number of nitriles is 1. The van der Waals surface area contributed by atoms with Gasteiger partial charge in [0.15, 0.2) is 0 Å². The van der Waals surface area contributed by atoms with Crippen LogP contribution in [0.2, 0.25) is 0 Å². The van der Waals surface area contributed by atoms with Crippen molar-refractivity contribution in [2.75, 3.05) is 12.4 Å². The molecule has 0 spiro atoms. The summed E-state index contributed by atoms with van der Waals surface area (Å²) < 4.78 is 10.6. The van der Waals surface area contributed by atoms with E-state index in [1.807, 2.05) is 31.2 Å². The maximum atomic E-state index is 12.4. The van der Waals surface area contributed by atoms with Gasteiger partial charge in [-0.1, -0.05) is 29.8 Å². The molecule has 0 atom stereocenters. The van der Waals surface area contributed by atoms with Crippen LogP contribution < -0.4 is 5.32 Å². The molecule has 6 nitrogen and oxygen atoms in total. The zero-order valence-corrected chi connectivity index (χ0v) is 16.9. The second-order valence-electron chi connectivity index (χ2n) is 6.66. The SMILES string of the molecule is COC(=O)c1cccc(-c2ccc(/C=C(/C#N)C(=O)Nc3ccc(C)cc3)o2)c1C. The van der Waals surface area contributed by atoms with Crippen molar-refractivity contribution in [1.29, 1.82) is 5.26 Å². The highest BCUT2D eigenvalue weighted by Gasteiger charge is 2.16. The number of carbonyl (C=O) groups excluding carboxylic acids is 2. The van der Waals surface area contributed by atoms with Crippen LogP contribution in [0.25, 0.3) is 17.4 Å². The third-order valence-electron chi connectivity index (χ3n) is 4.59. The van der Waals surface area contributed by atoms with E-state index in [9.17, 15) is 14.9 Å². The number of ether oxygens (including phenoxy) is 1. The van der Waals surface area contributed by atoms with Gasteiger partial charge in [-0.2, -0.15) is 5.26 Å². The smallest absolute Gasteiger partial charge is 0.338 e. The molecule has 0 aliphatic rings. The zero-order valence-electron chi connectivity index (χ0n) is 16.9. The summed E-state index contributed by atoms with van der Waals surface area (Å²) in [6.45, 7) is 3.75. The van der Waals surface area contributed by atoms with E-state index in [0.717, 1.165) is 11.1 Å². The maximum Gasteiger partial charge on any atom is 0.338 e. The number of benzene rings is 2. The predicted molar refractivity (Wildman–Crippen MR) is 114 cm³/mol. The van der Waals surface area contributed by atoms with E-state index in [1.165, 1.54) is 13.2 Å². The van der Waals surface area contributed by atoms with Gasteiger partial charge >= 0.3 is 5.97 Å². The number of carbonyl (C=O) groups is 2. The van der Waals surface area contributed by atoms with Crippen LogP contribution in [0.3, 0.4) is 0 Å². The summed E-state index contributed by atoms with van der Waals surface area (Å²) in [7, 11) is 1.33. The Morgan fingerprint density at radius 2 is 1.80 bits per heavy atom. The van der Waals surface area contributed by atoms with Crippen LogP contribution in [-0.2, 0) is 9.53 Å². The van der Waals surface area contributed by atoms with Crippen LogP contribution in [0.4, 0.5) is 5.69 Å². The Morgan fingerprint density at radius 1 is 1.07 bits per heavy atom. The van der Waals surface area contributed by atoms with Crippen molar-refractivity contribution in [3.8, 4) is 17.4 Å². The molecule has 1 aromatic heterocycles. The van der Waals surface area contributed by atoms with Gasteiger partial charge in [-0.15, -0.1) is 0 Å². The van der Waals surface area contributed by atoms with Gasteiger partial charge in [0.25, 0.3) is 5.91 Å². The van der Waals surface area contributed by atoms with Crippen LogP contribution in [-0.4, -0.2) is 19.0 Å². The fourth-order valence-corrected chi connectivity index (χ4v) is 2.94. The lowest BCUT2D eigenvalue weighted by atomic mass is 10.0. The summed E-state index contributed by atoms with van der Waals surface area (Å²) in [5, 5.41) is 12.1. The molecule has 2 aromatic carbocycles. The number of esters is 1. The number of hydrogen-bond donors (Lipinski definition) is 1. The molecule has 0 bridgehead atoms. The molecule has 1 heterocycles. The first-order valence-corrected chi connectivity index (χ1v) is 9.21. The number of furan rings is 1. The van der Waals surface area contributed by atoms with Gasteiger partial charge in [-0.25, -0.2) is 4.79 Å². The predicted octanol–water partition coefficient (Wildman–Crippen LogP) is 4.90. The molecule has 0 saturated carbocycles. The highest BCUT2D eigenvalue weighted by Crippen LogP contribution is 2.28. The number of methoxy groups -OCH3 is 1. The molecule has 150 valence electrons. The molecule has 0 fully saturated rings.